The number of carbonyl (C=O) groups excluding carboxylic acids is 1. The second-order valence-electron chi connectivity index (χ2n) is 5.88. The topological polar surface area (TPSA) is 64.2 Å². The van der Waals surface area contributed by atoms with Gasteiger partial charge in [0.15, 0.2) is 5.76 Å². The van der Waals surface area contributed by atoms with Gasteiger partial charge in [-0.1, -0.05) is 6.07 Å². The summed E-state index contributed by atoms with van der Waals surface area (Å²) in [7, 11) is 0. The lowest BCUT2D eigenvalue weighted by Crippen LogP contribution is -2.30. The summed E-state index contributed by atoms with van der Waals surface area (Å²) in [5, 5.41) is 4.15. The maximum absolute atomic E-state index is 12.8. The number of carbonyl (C=O) groups is 1. The molecule has 1 aliphatic rings. The van der Waals surface area contributed by atoms with Crippen LogP contribution in [0.2, 0.25) is 0 Å². The highest BCUT2D eigenvalue weighted by atomic mass is 16.4. The Morgan fingerprint density at radius 3 is 2.96 bits per heavy atom. The fourth-order valence-corrected chi connectivity index (χ4v) is 3.16. The fraction of sp³-hybridized carbons (Fsp3) is 0.278. The van der Waals surface area contributed by atoms with Crippen molar-refractivity contribution in [1.82, 2.24) is 19.7 Å². The first-order valence-electron chi connectivity index (χ1n) is 8.09. The van der Waals surface area contributed by atoms with Crippen molar-refractivity contribution in [2.24, 2.45) is 0 Å². The van der Waals surface area contributed by atoms with Crippen LogP contribution in [0, 0.1) is 0 Å². The van der Waals surface area contributed by atoms with Crippen LogP contribution in [0.3, 0.4) is 0 Å². The Hall–Kier alpha value is -2.89. The number of pyridine rings is 1. The average molecular weight is 322 g/mol. The summed E-state index contributed by atoms with van der Waals surface area (Å²) >= 11 is 0. The van der Waals surface area contributed by atoms with E-state index in [4.69, 9.17) is 4.42 Å². The van der Waals surface area contributed by atoms with Crippen LogP contribution in [0.15, 0.2) is 59.4 Å². The van der Waals surface area contributed by atoms with Gasteiger partial charge >= 0.3 is 0 Å². The van der Waals surface area contributed by atoms with Gasteiger partial charge in [0.2, 0.25) is 0 Å². The normalized spacial score (nSPS) is 17.3. The van der Waals surface area contributed by atoms with Crippen LogP contribution >= 0.6 is 0 Å². The predicted octanol–water partition coefficient (Wildman–Crippen LogP) is 2.90. The van der Waals surface area contributed by atoms with Crippen molar-refractivity contribution < 1.29 is 9.21 Å². The highest BCUT2D eigenvalue weighted by molar-refractivity contribution is 5.92. The minimum absolute atomic E-state index is 0.0263. The van der Waals surface area contributed by atoms with Gasteiger partial charge in [0.05, 0.1) is 18.3 Å². The summed E-state index contributed by atoms with van der Waals surface area (Å²) in [4.78, 5) is 19.1. The first-order chi connectivity index (χ1) is 11.8. The molecule has 0 radical (unpaired) electrons. The number of amides is 1. The first-order valence-corrected chi connectivity index (χ1v) is 8.09. The molecule has 0 bridgehead atoms. The molecule has 0 saturated carbocycles. The largest absolute Gasteiger partial charge is 0.454 e. The molecule has 3 aromatic rings. The van der Waals surface area contributed by atoms with E-state index in [1.165, 1.54) is 0 Å². The fourth-order valence-electron chi connectivity index (χ4n) is 3.16. The lowest BCUT2D eigenvalue weighted by Gasteiger charge is -2.23. The molecule has 1 saturated heterocycles. The van der Waals surface area contributed by atoms with Crippen LogP contribution in [0.1, 0.15) is 40.9 Å². The smallest absolute Gasteiger partial charge is 0.290 e. The second-order valence-corrected chi connectivity index (χ2v) is 5.88. The van der Waals surface area contributed by atoms with Gasteiger partial charge in [0, 0.05) is 25.1 Å². The summed E-state index contributed by atoms with van der Waals surface area (Å²) < 4.78 is 7.51. The summed E-state index contributed by atoms with van der Waals surface area (Å²) in [5.74, 6) is 1.02. The lowest BCUT2D eigenvalue weighted by molar-refractivity contribution is 0.0698. The molecule has 122 valence electrons. The zero-order chi connectivity index (χ0) is 16.4. The molecule has 1 amide bonds. The van der Waals surface area contributed by atoms with Gasteiger partial charge in [-0.25, -0.2) is 0 Å². The molecule has 24 heavy (non-hydrogen) atoms. The van der Waals surface area contributed by atoms with Gasteiger partial charge in [-0.3, -0.25) is 14.5 Å². The van der Waals surface area contributed by atoms with Crippen molar-refractivity contribution in [3.8, 4) is 0 Å². The maximum Gasteiger partial charge on any atom is 0.290 e. The maximum atomic E-state index is 12.8. The van der Waals surface area contributed by atoms with Crippen LogP contribution in [0.4, 0.5) is 0 Å². The zero-order valence-corrected chi connectivity index (χ0v) is 13.2. The number of hydrogen-bond donors (Lipinski definition) is 0. The molecule has 1 fully saturated rings. The van der Waals surface area contributed by atoms with Crippen LogP contribution < -0.4 is 0 Å². The van der Waals surface area contributed by atoms with Crippen molar-refractivity contribution in [1.29, 1.82) is 0 Å². The van der Waals surface area contributed by atoms with Crippen LogP contribution in [-0.4, -0.2) is 32.1 Å². The van der Waals surface area contributed by atoms with Gasteiger partial charge in [0.25, 0.3) is 5.91 Å². The van der Waals surface area contributed by atoms with Crippen LogP contribution in [-0.2, 0) is 6.54 Å². The summed E-state index contributed by atoms with van der Waals surface area (Å²) in [6.07, 6.45) is 7.26. The van der Waals surface area contributed by atoms with Crippen molar-refractivity contribution in [2.45, 2.75) is 25.4 Å². The Kier molecular flexibility index (Phi) is 3.86. The Morgan fingerprint density at radius 1 is 1.21 bits per heavy atom. The predicted molar refractivity (Wildman–Crippen MR) is 87.3 cm³/mol. The SMILES string of the molecule is O=C(c1ccc(Cn2cccn2)o1)N1CCCC1c1ccccn1. The molecule has 1 unspecified atom stereocenters. The third-order valence-electron chi connectivity index (χ3n) is 4.29. The van der Waals surface area contributed by atoms with Gasteiger partial charge in [-0.05, 0) is 43.2 Å². The molecule has 0 aromatic carbocycles. The van der Waals surface area contributed by atoms with Crippen molar-refractivity contribution in [3.05, 3.63) is 72.2 Å². The average Bonchev–Trinajstić information content (AvgIpc) is 3.37. The van der Waals surface area contributed by atoms with Crippen molar-refractivity contribution in [3.63, 3.8) is 0 Å². The molecule has 0 N–H and O–H groups in total. The number of rotatable bonds is 4. The minimum atomic E-state index is -0.0742. The van der Waals surface area contributed by atoms with E-state index >= 15 is 0 Å². The van der Waals surface area contributed by atoms with E-state index in [9.17, 15) is 4.79 Å². The minimum Gasteiger partial charge on any atom is -0.454 e. The van der Waals surface area contributed by atoms with E-state index in [0.717, 1.165) is 30.8 Å². The molecule has 1 atom stereocenters. The monoisotopic (exact) mass is 322 g/mol. The summed E-state index contributed by atoms with van der Waals surface area (Å²) in [6, 6.07) is 11.3. The summed E-state index contributed by atoms with van der Waals surface area (Å²) in [5.41, 5.74) is 0.937. The van der Waals surface area contributed by atoms with E-state index in [1.54, 1.807) is 23.1 Å². The molecule has 0 aliphatic carbocycles. The van der Waals surface area contributed by atoms with Crippen molar-refractivity contribution >= 4 is 5.91 Å². The van der Waals surface area contributed by atoms with Gasteiger partial charge in [0.1, 0.15) is 5.76 Å². The number of aromatic nitrogens is 3. The molecule has 1 aliphatic heterocycles. The third-order valence-corrected chi connectivity index (χ3v) is 4.29. The molecule has 0 spiro atoms. The number of nitrogens with zero attached hydrogens (tertiary/aromatic N) is 4. The summed E-state index contributed by atoms with van der Waals surface area (Å²) in [6.45, 7) is 1.25. The van der Waals surface area contributed by atoms with Gasteiger partial charge < -0.3 is 9.32 Å². The molecular weight excluding hydrogens is 304 g/mol. The standard InChI is InChI=1S/C18H18N4O2/c23-18(17-8-7-14(24-17)13-21-11-4-10-20-21)22-12-3-6-16(22)15-5-1-2-9-19-15/h1-2,4-5,7-11,16H,3,6,12-13H2. The quantitative estimate of drug-likeness (QED) is 0.741. The second kappa shape index (κ2) is 6.31. The van der Waals surface area contributed by atoms with Gasteiger partial charge in [-0.15, -0.1) is 0 Å². The van der Waals surface area contributed by atoms with E-state index in [0.29, 0.717) is 12.3 Å². The molecular formula is C18H18N4O2. The number of likely N-dealkylation sites (tertiary alicyclic amines) is 1. The van der Waals surface area contributed by atoms with Crippen LogP contribution in [0.5, 0.6) is 0 Å². The Labute approximate surface area is 139 Å². The highest BCUT2D eigenvalue weighted by Crippen LogP contribution is 2.32. The third kappa shape index (κ3) is 2.82. The number of hydrogen-bond acceptors (Lipinski definition) is 4. The lowest BCUT2D eigenvalue weighted by atomic mass is 10.1. The van der Waals surface area contributed by atoms with Gasteiger partial charge in [-0.2, -0.15) is 5.10 Å². The molecule has 4 rings (SSSR count). The Balaban J connectivity index is 1.52. The molecule has 6 heteroatoms. The van der Waals surface area contributed by atoms with E-state index in [1.807, 2.05) is 41.4 Å². The Bertz CT molecular complexity index is 811. The molecule has 4 heterocycles. The molecule has 6 nitrogen and oxygen atoms in total. The Morgan fingerprint density at radius 2 is 2.17 bits per heavy atom. The first kappa shape index (κ1) is 14.7. The van der Waals surface area contributed by atoms with E-state index in [-0.39, 0.29) is 11.9 Å². The van der Waals surface area contributed by atoms with E-state index < -0.39 is 0 Å². The van der Waals surface area contributed by atoms with Crippen molar-refractivity contribution in [2.75, 3.05) is 6.54 Å². The van der Waals surface area contributed by atoms with Crippen LogP contribution in [0.25, 0.3) is 0 Å². The molecule has 3 aromatic heterocycles. The zero-order valence-electron chi connectivity index (χ0n) is 13.2. The number of furan rings is 1. The highest BCUT2D eigenvalue weighted by Gasteiger charge is 2.32. The van der Waals surface area contributed by atoms with E-state index in [2.05, 4.69) is 10.1 Å².